The molecule has 0 heterocycles. The Kier molecular flexibility index (Phi) is 15.9. The molecule has 140 valence electrons. The van der Waals surface area contributed by atoms with E-state index in [1.807, 2.05) is 27.7 Å². The van der Waals surface area contributed by atoms with Crippen LogP contribution in [0.4, 0.5) is 0 Å². The summed E-state index contributed by atoms with van der Waals surface area (Å²) < 4.78 is 17.4. The second kappa shape index (κ2) is 14.5. The summed E-state index contributed by atoms with van der Waals surface area (Å²) in [5.74, 6) is 1.99. The first-order valence-corrected chi connectivity index (χ1v) is 9.57. The van der Waals surface area contributed by atoms with Crippen LogP contribution in [0.15, 0.2) is 4.99 Å². The fourth-order valence-corrected chi connectivity index (χ4v) is 2.49. The highest BCUT2D eigenvalue weighted by Gasteiger charge is 2.18. The summed E-state index contributed by atoms with van der Waals surface area (Å²) in [6.07, 6.45) is 0.914. The highest BCUT2D eigenvalue weighted by molar-refractivity contribution is 14.0. The first-order chi connectivity index (χ1) is 10.3. The second-order valence-corrected chi connectivity index (χ2v) is 9.00. The lowest BCUT2D eigenvalue weighted by Crippen LogP contribution is -2.40. The van der Waals surface area contributed by atoms with Crippen molar-refractivity contribution in [3.63, 3.8) is 0 Å². The predicted octanol–water partition coefficient (Wildman–Crippen LogP) is 2.77. The fourth-order valence-electron chi connectivity index (χ4n) is 1.59. The standard InChI is InChI=1S/C16H35N3O2S.HI/c1-7-17-15(18-9-8-11-21-13-14(2)3)19-10-12-22(20)16(4,5)6;/h14H,7-13H2,1-6H3,(H2,17,18,19);1H. The molecular formula is C16H36IN3O2S. The van der Waals surface area contributed by atoms with Crippen molar-refractivity contribution in [3.8, 4) is 0 Å². The van der Waals surface area contributed by atoms with Crippen molar-refractivity contribution in [1.29, 1.82) is 0 Å². The lowest BCUT2D eigenvalue weighted by atomic mass is 10.2. The monoisotopic (exact) mass is 461 g/mol. The molecule has 7 heteroatoms. The Hall–Kier alpha value is 0.110. The molecule has 0 saturated heterocycles. The summed E-state index contributed by atoms with van der Waals surface area (Å²) in [4.78, 5) is 4.50. The molecule has 0 aromatic rings. The minimum Gasteiger partial charge on any atom is -0.381 e. The van der Waals surface area contributed by atoms with Crippen LogP contribution in [-0.4, -0.2) is 53.5 Å². The molecule has 1 atom stereocenters. The Morgan fingerprint density at radius 2 is 1.91 bits per heavy atom. The van der Waals surface area contributed by atoms with Gasteiger partial charge in [-0.1, -0.05) is 13.8 Å². The Labute approximate surface area is 162 Å². The van der Waals surface area contributed by atoms with Crippen LogP contribution in [0, 0.1) is 5.92 Å². The smallest absolute Gasteiger partial charge is 0.191 e. The van der Waals surface area contributed by atoms with Crippen molar-refractivity contribution in [2.24, 2.45) is 10.9 Å². The molecular weight excluding hydrogens is 425 g/mol. The number of hydrogen-bond donors (Lipinski definition) is 2. The molecule has 0 aromatic heterocycles. The zero-order chi connectivity index (χ0) is 17.0. The van der Waals surface area contributed by atoms with Crippen LogP contribution in [0.2, 0.25) is 0 Å². The first-order valence-electron chi connectivity index (χ1n) is 8.25. The number of guanidine groups is 1. The first kappa shape index (κ1) is 25.4. The normalized spacial score (nSPS) is 13.6. The summed E-state index contributed by atoms with van der Waals surface area (Å²) >= 11 is 0. The van der Waals surface area contributed by atoms with Gasteiger partial charge in [0.05, 0.1) is 0 Å². The van der Waals surface area contributed by atoms with Crippen LogP contribution >= 0.6 is 24.0 Å². The SMILES string of the molecule is CCNC(=NCCCOCC(C)C)NCCS(=O)C(C)(C)C.I. The van der Waals surface area contributed by atoms with Crippen molar-refractivity contribution in [3.05, 3.63) is 0 Å². The van der Waals surface area contributed by atoms with E-state index in [-0.39, 0.29) is 28.7 Å². The Morgan fingerprint density at radius 3 is 2.43 bits per heavy atom. The lowest BCUT2D eigenvalue weighted by Gasteiger charge is -2.18. The molecule has 0 aliphatic heterocycles. The topological polar surface area (TPSA) is 62.7 Å². The summed E-state index contributed by atoms with van der Waals surface area (Å²) in [5, 5.41) is 6.44. The van der Waals surface area contributed by atoms with Crippen LogP contribution in [0.5, 0.6) is 0 Å². The van der Waals surface area contributed by atoms with E-state index in [1.54, 1.807) is 0 Å². The number of halogens is 1. The van der Waals surface area contributed by atoms with E-state index >= 15 is 0 Å². The van der Waals surface area contributed by atoms with Gasteiger partial charge in [-0.25, -0.2) is 0 Å². The van der Waals surface area contributed by atoms with E-state index < -0.39 is 10.8 Å². The highest BCUT2D eigenvalue weighted by atomic mass is 127. The molecule has 0 fully saturated rings. The number of rotatable bonds is 10. The average Bonchev–Trinajstić information content (AvgIpc) is 2.40. The third-order valence-electron chi connectivity index (χ3n) is 2.78. The van der Waals surface area contributed by atoms with Gasteiger partial charge in [-0.3, -0.25) is 9.20 Å². The summed E-state index contributed by atoms with van der Waals surface area (Å²) in [6, 6.07) is 0. The third-order valence-corrected chi connectivity index (χ3v) is 4.72. The van der Waals surface area contributed by atoms with Gasteiger partial charge >= 0.3 is 0 Å². The van der Waals surface area contributed by atoms with Gasteiger partial charge in [0.25, 0.3) is 0 Å². The van der Waals surface area contributed by atoms with E-state index in [0.29, 0.717) is 18.2 Å². The minimum absolute atomic E-state index is 0. The Balaban J connectivity index is 0. The average molecular weight is 461 g/mol. The van der Waals surface area contributed by atoms with Crippen molar-refractivity contribution in [2.75, 3.05) is 38.6 Å². The molecule has 0 radical (unpaired) electrons. The van der Waals surface area contributed by atoms with Gasteiger partial charge in [-0.15, -0.1) is 24.0 Å². The van der Waals surface area contributed by atoms with Crippen molar-refractivity contribution in [2.45, 2.75) is 52.7 Å². The molecule has 5 nitrogen and oxygen atoms in total. The van der Waals surface area contributed by atoms with E-state index in [2.05, 4.69) is 29.5 Å². The van der Waals surface area contributed by atoms with Gasteiger partial charge in [0.15, 0.2) is 5.96 Å². The van der Waals surface area contributed by atoms with Gasteiger partial charge in [-0.05, 0) is 40.0 Å². The third kappa shape index (κ3) is 15.4. The molecule has 0 spiro atoms. The van der Waals surface area contributed by atoms with Crippen molar-refractivity contribution < 1.29 is 8.95 Å². The Bertz CT molecular complexity index is 345. The second-order valence-electron chi connectivity index (χ2n) is 6.67. The number of nitrogens with zero attached hydrogens (tertiary/aromatic N) is 1. The quantitative estimate of drug-likeness (QED) is 0.227. The van der Waals surface area contributed by atoms with Crippen molar-refractivity contribution >= 4 is 40.7 Å². The van der Waals surface area contributed by atoms with E-state index in [0.717, 1.165) is 38.7 Å². The van der Waals surface area contributed by atoms with Crippen LogP contribution in [-0.2, 0) is 15.5 Å². The highest BCUT2D eigenvalue weighted by Crippen LogP contribution is 2.10. The van der Waals surface area contributed by atoms with Crippen LogP contribution in [0.25, 0.3) is 0 Å². The van der Waals surface area contributed by atoms with Crippen LogP contribution < -0.4 is 10.6 Å². The van der Waals surface area contributed by atoms with Crippen molar-refractivity contribution in [1.82, 2.24) is 10.6 Å². The van der Waals surface area contributed by atoms with Gasteiger partial charge in [0, 0.05) is 54.1 Å². The zero-order valence-corrected chi connectivity index (χ0v) is 18.8. The Morgan fingerprint density at radius 1 is 1.26 bits per heavy atom. The van der Waals surface area contributed by atoms with Gasteiger partial charge in [-0.2, -0.15) is 0 Å². The maximum absolute atomic E-state index is 12.0. The molecule has 0 aromatic carbocycles. The van der Waals surface area contributed by atoms with Crippen LogP contribution in [0.3, 0.4) is 0 Å². The fraction of sp³-hybridized carbons (Fsp3) is 0.938. The summed E-state index contributed by atoms with van der Waals surface area (Å²) in [6.45, 7) is 16.1. The molecule has 0 bridgehead atoms. The lowest BCUT2D eigenvalue weighted by molar-refractivity contribution is 0.109. The zero-order valence-electron chi connectivity index (χ0n) is 15.6. The summed E-state index contributed by atoms with van der Waals surface area (Å²) in [7, 11) is -0.838. The maximum atomic E-state index is 12.0. The minimum atomic E-state index is -0.838. The molecule has 2 N–H and O–H groups in total. The molecule has 0 saturated carbocycles. The molecule has 0 amide bonds. The van der Waals surface area contributed by atoms with E-state index in [4.69, 9.17) is 4.74 Å². The van der Waals surface area contributed by atoms with Gasteiger partial charge < -0.3 is 15.4 Å². The number of nitrogens with one attached hydrogen (secondary N) is 2. The van der Waals surface area contributed by atoms with Gasteiger partial charge in [0.2, 0.25) is 0 Å². The molecule has 0 aliphatic carbocycles. The van der Waals surface area contributed by atoms with Gasteiger partial charge in [0.1, 0.15) is 0 Å². The number of aliphatic imine (C=N–C) groups is 1. The molecule has 0 rings (SSSR count). The largest absolute Gasteiger partial charge is 0.381 e. The van der Waals surface area contributed by atoms with Crippen LogP contribution in [0.1, 0.15) is 48.0 Å². The number of hydrogen-bond acceptors (Lipinski definition) is 3. The molecule has 0 aliphatic rings. The maximum Gasteiger partial charge on any atom is 0.191 e. The van der Waals surface area contributed by atoms with E-state index in [9.17, 15) is 4.21 Å². The van der Waals surface area contributed by atoms with E-state index in [1.165, 1.54) is 0 Å². The predicted molar refractivity (Wildman–Crippen MR) is 112 cm³/mol. The number of ether oxygens (including phenoxy) is 1. The molecule has 1 unspecified atom stereocenters. The molecule has 23 heavy (non-hydrogen) atoms. The summed E-state index contributed by atoms with van der Waals surface area (Å²) in [5.41, 5.74) is 0.